The van der Waals surface area contributed by atoms with E-state index in [1.807, 2.05) is 37.5 Å². The van der Waals surface area contributed by atoms with Crippen molar-refractivity contribution in [3.05, 3.63) is 89.3 Å². The van der Waals surface area contributed by atoms with Crippen LogP contribution in [0.3, 0.4) is 0 Å². The van der Waals surface area contributed by atoms with Gasteiger partial charge >= 0.3 is 0 Å². The molecule has 3 nitrogen and oxygen atoms in total. The van der Waals surface area contributed by atoms with Crippen LogP contribution in [-0.2, 0) is 12.8 Å². The largest absolute Gasteiger partial charge is 0.346 e. The zero-order chi connectivity index (χ0) is 17.5. The molecule has 0 amide bonds. The van der Waals surface area contributed by atoms with E-state index in [2.05, 4.69) is 27.4 Å². The van der Waals surface area contributed by atoms with E-state index in [-0.39, 0.29) is 11.7 Å². The Balaban J connectivity index is 1.75. The lowest BCUT2D eigenvalue weighted by Gasteiger charge is -2.17. The first-order valence-corrected chi connectivity index (χ1v) is 8.74. The van der Waals surface area contributed by atoms with Crippen molar-refractivity contribution in [2.75, 3.05) is 13.6 Å². The van der Waals surface area contributed by atoms with Gasteiger partial charge in [-0.2, -0.15) is 0 Å². The van der Waals surface area contributed by atoms with E-state index in [0.29, 0.717) is 0 Å². The summed E-state index contributed by atoms with van der Waals surface area (Å²) in [7, 11) is 1.95. The number of imidazole rings is 1. The van der Waals surface area contributed by atoms with Crippen molar-refractivity contribution >= 4 is 0 Å². The summed E-state index contributed by atoms with van der Waals surface area (Å²) >= 11 is 0. The number of hydrogen-bond acceptors (Lipinski definition) is 2. The molecule has 0 bridgehead atoms. The molecule has 1 unspecified atom stereocenters. The lowest BCUT2D eigenvalue weighted by Crippen LogP contribution is -2.10. The van der Waals surface area contributed by atoms with Crippen LogP contribution >= 0.6 is 0 Å². The van der Waals surface area contributed by atoms with Gasteiger partial charge in [0.1, 0.15) is 11.6 Å². The number of aromatic amines is 1. The molecule has 0 radical (unpaired) electrons. The second kappa shape index (κ2) is 8.58. The van der Waals surface area contributed by atoms with Crippen molar-refractivity contribution < 1.29 is 4.39 Å². The molecule has 1 aromatic heterocycles. The third-order valence-corrected chi connectivity index (χ3v) is 4.45. The predicted molar refractivity (Wildman–Crippen MR) is 99.2 cm³/mol. The normalized spacial score (nSPS) is 12.2. The lowest BCUT2D eigenvalue weighted by atomic mass is 9.87. The Morgan fingerprint density at radius 3 is 2.60 bits per heavy atom. The van der Waals surface area contributed by atoms with E-state index in [1.54, 1.807) is 12.1 Å². The fourth-order valence-corrected chi connectivity index (χ4v) is 3.14. The molecule has 1 atom stereocenters. The Morgan fingerprint density at radius 1 is 1.04 bits per heavy atom. The van der Waals surface area contributed by atoms with Crippen LogP contribution in [0.1, 0.15) is 35.0 Å². The maximum Gasteiger partial charge on any atom is 0.123 e. The van der Waals surface area contributed by atoms with Crippen molar-refractivity contribution in [1.82, 2.24) is 15.3 Å². The summed E-state index contributed by atoms with van der Waals surface area (Å²) in [5, 5.41) is 3.14. The average Bonchev–Trinajstić information content (AvgIpc) is 3.09. The monoisotopic (exact) mass is 337 g/mol. The molecule has 3 aromatic rings. The van der Waals surface area contributed by atoms with Gasteiger partial charge in [0.25, 0.3) is 0 Å². The fraction of sp³-hybridized carbons (Fsp3) is 0.286. The summed E-state index contributed by atoms with van der Waals surface area (Å²) < 4.78 is 13.7. The molecular formula is C21H24FN3. The van der Waals surface area contributed by atoms with E-state index in [9.17, 15) is 4.39 Å². The SMILES string of the molecule is CNCCc1cnc(CCC(c2ccccc2)c2cccc(F)c2)[nH]1. The fourth-order valence-electron chi connectivity index (χ4n) is 3.14. The summed E-state index contributed by atoms with van der Waals surface area (Å²) in [6.45, 7) is 0.928. The minimum absolute atomic E-state index is 0.155. The van der Waals surface area contributed by atoms with E-state index >= 15 is 0 Å². The number of benzene rings is 2. The smallest absolute Gasteiger partial charge is 0.123 e. The molecule has 0 aliphatic rings. The molecule has 1 heterocycles. The molecule has 0 saturated carbocycles. The van der Waals surface area contributed by atoms with Gasteiger partial charge in [0.15, 0.2) is 0 Å². The molecular weight excluding hydrogens is 313 g/mol. The van der Waals surface area contributed by atoms with Gasteiger partial charge in [-0.25, -0.2) is 9.37 Å². The highest BCUT2D eigenvalue weighted by Gasteiger charge is 2.15. The minimum Gasteiger partial charge on any atom is -0.346 e. The maximum absolute atomic E-state index is 13.7. The molecule has 2 N–H and O–H groups in total. The number of nitrogens with zero attached hydrogens (tertiary/aromatic N) is 1. The van der Waals surface area contributed by atoms with Crippen LogP contribution in [0.15, 0.2) is 60.8 Å². The van der Waals surface area contributed by atoms with Gasteiger partial charge in [-0.1, -0.05) is 42.5 Å². The first kappa shape index (κ1) is 17.4. The summed E-state index contributed by atoms with van der Waals surface area (Å²) in [6, 6.07) is 17.2. The number of H-pyrrole nitrogens is 1. The Bertz CT molecular complexity index is 783. The standard InChI is InChI=1S/C21H24FN3/c1-23-13-12-19-15-24-21(25-19)11-10-20(16-6-3-2-4-7-16)17-8-5-9-18(22)14-17/h2-9,14-15,20,23H,10-13H2,1H3,(H,24,25). The molecule has 0 aliphatic carbocycles. The molecule has 4 heteroatoms. The number of halogens is 1. The van der Waals surface area contributed by atoms with E-state index in [1.165, 1.54) is 11.6 Å². The summed E-state index contributed by atoms with van der Waals surface area (Å²) in [5.41, 5.74) is 3.36. The molecule has 3 rings (SSSR count). The van der Waals surface area contributed by atoms with Crippen LogP contribution in [0.5, 0.6) is 0 Å². The zero-order valence-electron chi connectivity index (χ0n) is 14.5. The number of likely N-dealkylation sites (N-methyl/N-ethyl adjacent to an activating group) is 1. The third-order valence-electron chi connectivity index (χ3n) is 4.45. The Morgan fingerprint density at radius 2 is 1.84 bits per heavy atom. The molecule has 0 saturated heterocycles. The third kappa shape index (κ3) is 4.77. The molecule has 0 aliphatic heterocycles. The molecule has 0 spiro atoms. The maximum atomic E-state index is 13.7. The second-order valence-corrected chi connectivity index (χ2v) is 6.27. The van der Waals surface area contributed by atoms with Crippen LogP contribution in [0.25, 0.3) is 0 Å². The van der Waals surface area contributed by atoms with Gasteiger partial charge in [-0.3, -0.25) is 0 Å². The van der Waals surface area contributed by atoms with Crippen LogP contribution in [0.4, 0.5) is 4.39 Å². The summed E-state index contributed by atoms with van der Waals surface area (Å²) in [4.78, 5) is 7.88. The van der Waals surface area contributed by atoms with Crippen LogP contribution in [0, 0.1) is 5.82 Å². The van der Waals surface area contributed by atoms with E-state index in [0.717, 1.165) is 42.9 Å². The van der Waals surface area contributed by atoms with E-state index in [4.69, 9.17) is 0 Å². The minimum atomic E-state index is -0.189. The first-order chi connectivity index (χ1) is 12.3. The number of aryl methyl sites for hydroxylation is 1. The molecule has 2 aromatic carbocycles. The first-order valence-electron chi connectivity index (χ1n) is 8.74. The summed E-state index contributed by atoms with van der Waals surface area (Å²) in [5.74, 6) is 0.956. The van der Waals surface area contributed by atoms with Gasteiger partial charge < -0.3 is 10.3 Å². The van der Waals surface area contributed by atoms with Gasteiger partial charge in [0.2, 0.25) is 0 Å². The highest BCUT2D eigenvalue weighted by molar-refractivity contribution is 5.32. The van der Waals surface area contributed by atoms with Crippen LogP contribution in [0.2, 0.25) is 0 Å². The van der Waals surface area contributed by atoms with E-state index < -0.39 is 0 Å². The van der Waals surface area contributed by atoms with Crippen molar-refractivity contribution in [2.45, 2.75) is 25.2 Å². The highest BCUT2D eigenvalue weighted by atomic mass is 19.1. The predicted octanol–water partition coefficient (Wildman–Crippen LogP) is 4.08. The second-order valence-electron chi connectivity index (χ2n) is 6.27. The summed E-state index contributed by atoms with van der Waals surface area (Å²) in [6.07, 6.45) is 4.56. The number of rotatable bonds is 8. The van der Waals surface area contributed by atoms with Crippen molar-refractivity contribution in [3.8, 4) is 0 Å². The van der Waals surface area contributed by atoms with Gasteiger partial charge in [0.05, 0.1) is 0 Å². The quantitative estimate of drug-likeness (QED) is 0.650. The molecule has 130 valence electrons. The van der Waals surface area contributed by atoms with Gasteiger partial charge in [-0.05, 0) is 36.7 Å². The Kier molecular flexibility index (Phi) is 5.96. The topological polar surface area (TPSA) is 40.7 Å². The average molecular weight is 337 g/mol. The zero-order valence-corrected chi connectivity index (χ0v) is 14.5. The molecule has 25 heavy (non-hydrogen) atoms. The van der Waals surface area contributed by atoms with Crippen LogP contribution in [-0.4, -0.2) is 23.6 Å². The van der Waals surface area contributed by atoms with Crippen LogP contribution < -0.4 is 5.32 Å². The van der Waals surface area contributed by atoms with Crippen molar-refractivity contribution in [1.29, 1.82) is 0 Å². The lowest BCUT2D eigenvalue weighted by molar-refractivity contribution is 0.619. The Hall–Kier alpha value is -2.46. The Labute approximate surface area is 148 Å². The van der Waals surface area contributed by atoms with Crippen molar-refractivity contribution in [3.63, 3.8) is 0 Å². The number of nitrogens with one attached hydrogen (secondary N) is 2. The van der Waals surface area contributed by atoms with Crippen molar-refractivity contribution in [2.24, 2.45) is 0 Å². The van der Waals surface area contributed by atoms with Gasteiger partial charge in [0, 0.05) is 37.2 Å². The number of hydrogen-bond donors (Lipinski definition) is 2. The highest BCUT2D eigenvalue weighted by Crippen LogP contribution is 2.29. The molecule has 0 fully saturated rings. The number of aromatic nitrogens is 2. The van der Waals surface area contributed by atoms with Gasteiger partial charge in [-0.15, -0.1) is 0 Å².